The third kappa shape index (κ3) is 3.06. The van der Waals surface area contributed by atoms with Crippen LogP contribution in [0.4, 0.5) is 0 Å². The first-order valence-electron chi connectivity index (χ1n) is 4.31. The maximum Gasteiger partial charge on any atom is 0.341 e. The molecule has 4 nitrogen and oxygen atoms in total. The van der Waals surface area contributed by atoms with E-state index in [4.69, 9.17) is 9.84 Å². The lowest BCUT2D eigenvalue weighted by atomic mass is 10.2. The van der Waals surface area contributed by atoms with Crippen molar-refractivity contribution < 1.29 is 14.6 Å². The summed E-state index contributed by atoms with van der Waals surface area (Å²) in [6, 6.07) is 7.36. The van der Waals surface area contributed by atoms with Crippen molar-refractivity contribution in [1.29, 1.82) is 0 Å². The number of aliphatic carboxylic acids is 1. The number of carboxylic acid groups (broad SMARTS) is 1. The Morgan fingerprint density at radius 3 is 2.86 bits per heavy atom. The fourth-order valence-corrected chi connectivity index (χ4v) is 1.12. The van der Waals surface area contributed by atoms with Gasteiger partial charge in [0.25, 0.3) is 0 Å². The van der Waals surface area contributed by atoms with Crippen LogP contribution in [0.2, 0.25) is 0 Å². The minimum absolute atomic E-state index is 0.305. The Morgan fingerprint density at radius 2 is 2.21 bits per heavy atom. The fraction of sp³-hybridized carbons (Fsp3) is 0.300. The number of hydrogen-bond acceptors (Lipinski definition) is 3. The van der Waals surface area contributed by atoms with Gasteiger partial charge in [-0.05, 0) is 13.1 Å². The highest BCUT2D eigenvalue weighted by Gasteiger charge is 2.03. The van der Waals surface area contributed by atoms with E-state index in [9.17, 15) is 4.79 Å². The third-order valence-corrected chi connectivity index (χ3v) is 1.69. The van der Waals surface area contributed by atoms with Gasteiger partial charge in [0.2, 0.25) is 0 Å². The van der Waals surface area contributed by atoms with Crippen LogP contribution in [-0.2, 0) is 11.3 Å². The second-order valence-corrected chi connectivity index (χ2v) is 2.82. The number of carbonyl (C=O) groups is 1. The summed E-state index contributed by atoms with van der Waals surface area (Å²) in [5, 5.41) is 11.4. The van der Waals surface area contributed by atoms with E-state index < -0.39 is 5.97 Å². The lowest BCUT2D eigenvalue weighted by Crippen LogP contribution is -2.12. The molecule has 0 unspecified atom stereocenters. The third-order valence-electron chi connectivity index (χ3n) is 1.69. The van der Waals surface area contributed by atoms with Crippen LogP contribution < -0.4 is 10.1 Å². The molecule has 0 radical (unpaired) electrons. The Hall–Kier alpha value is -1.55. The number of hydrogen-bond donors (Lipinski definition) is 2. The molecule has 0 aromatic heterocycles. The number of nitrogens with one attached hydrogen (secondary N) is 1. The first-order valence-corrected chi connectivity index (χ1v) is 4.31. The first kappa shape index (κ1) is 10.5. The van der Waals surface area contributed by atoms with Crippen molar-refractivity contribution in [2.75, 3.05) is 13.7 Å². The first-order chi connectivity index (χ1) is 6.74. The molecule has 1 aromatic carbocycles. The largest absolute Gasteiger partial charge is 0.482 e. The van der Waals surface area contributed by atoms with Gasteiger partial charge in [-0.1, -0.05) is 18.2 Å². The predicted octanol–water partition coefficient (Wildman–Crippen LogP) is 0.869. The Morgan fingerprint density at radius 1 is 1.50 bits per heavy atom. The summed E-state index contributed by atoms with van der Waals surface area (Å²) in [5.41, 5.74) is 0.955. The second kappa shape index (κ2) is 5.24. The van der Waals surface area contributed by atoms with Crippen molar-refractivity contribution in [3.63, 3.8) is 0 Å². The second-order valence-electron chi connectivity index (χ2n) is 2.82. The molecule has 14 heavy (non-hydrogen) atoms. The zero-order valence-electron chi connectivity index (χ0n) is 7.99. The van der Waals surface area contributed by atoms with E-state index >= 15 is 0 Å². The van der Waals surface area contributed by atoms with Crippen molar-refractivity contribution in [1.82, 2.24) is 5.32 Å². The van der Waals surface area contributed by atoms with E-state index in [2.05, 4.69) is 5.32 Å². The highest BCUT2D eigenvalue weighted by atomic mass is 16.5. The lowest BCUT2D eigenvalue weighted by Gasteiger charge is -2.08. The molecular weight excluding hydrogens is 182 g/mol. The summed E-state index contributed by atoms with van der Waals surface area (Å²) < 4.78 is 5.11. The topological polar surface area (TPSA) is 58.6 Å². The van der Waals surface area contributed by atoms with Crippen LogP contribution >= 0.6 is 0 Å². The highest BCUT2D eigenvalue weighted by Crippen LogP contribution is 2.17. The maximum absolute atomic E-state index is 10.3. The van der Waals surface area contributed by atoms with Gasteiger partial charge in [0.1, 0.15) is 5.75 Å². The Bertz CT molecular complexity index is 312. The molecule has 0 spiro atoms. The molecule has 0 atom stereocenters. The number of ether oxygens (including phenoxy) is 1. The Balaban J connectivity index is 2.68. The van der Waals surface area contributed by atoms with Gasteiger partial charge in [0, 0.05) is 12.1 Å². The van der Waals surface area contributed by atoms with Gasteiger partial charge in [-0.15, -0.1) is 0 Å². The van der Waals surface area contributed by atoms with Gasteiger partial charge >= 0.3 is 5.97 Å². The minimum atomic E-state index is -0.968. The number of carboxylic acids is 1. The molecule has 0 aliphatic heterocycles. The lowest BCUT2D eigenvalue weighted by molar-refractivity contribution is -0.139. The molecule has 0 bridgehead atoms. The van der Waals surface area contributed by atoms with E-state index in [1.165, 1.54) is 0 Å². The predicted molar refractivity (Wildman–Crippen MR) is 52.3 cm³/mol. The molecule has 0 aliphatic carbocycles. The summed E-state index contributed by atoms with van der Waals surface area (Å²) in [5.74, 6) is -0.353. The monoisotopic (exact) mass is 195 g/mol. The summed E-state index contributed by atoms with van der Waals surface area (Å²) in [6.45, 7) is 0.358. The van der Waals surface area contributed by atoms with E-state index in [1.54, 1.807) is 6.07 Å². The van der Waals surface area contributed by atoms with Crippen LogP contribution in [0.1, 0.15) is 5.56 Å². The molecule has 2 N–H and O–H groups in total. The molecule has 1 rings (SSSR count). The summed E-state index contributed by atoms with van der Waals surface area (Å²) in [6.07, 6.45) is 0. The highest BCUT2D eigenvalue weighted by molar-refractivity contribution is 5.68. The van der Waals surface area contributed by atoms with Crippen molar-refractivity contribution in [3.05, 3.63) is 29.8 Å². The molecule has 76 valence electrons. The van der Waals surface area contributed by atoms with Gasteiger partial charge in [0.15, 0.2) is 6.61 Å². The van der Waals surface area contributed by atoms with Crippen LogP contribution in [-0.4, -0.2) is 24.7 Å². The zero-order valence-corrected chi connectivity index (χ0v) is 7.99. The number of rotatable bonds is 5. The van der Waals surface area contributed by atoms with Crippen LogP contribution in [0.3, 0.4) is 0 Å². The van der Waals surface area contributed by atoms with Crippen LogP contribution in [0.25, 0.3) is 0 Å². The molecule has 0 amide bonds. The molecule has 1 aromatic rings. The molecule has 0 saturated heterocycles. The molecular formula is C10H13NO3. The standard InChI is InChI=1S/C10H13NO3/c1-11-6-8-4-2-3-5-9(8)14-7-10(12)13/h2-5,11H,6-7H2,1H3,(H,12,13). The average molecular weight is 195 g/mol. The van der Waals surface area contributed by atoms with Gasteiger partial charge < -0.3 is 15.2 Å². The molecule has 4 heteroatoms. The zero-order chi connectivity index (χ0) is 10.4. The smallest absolute Gasteiger partial charge is 0.341 e. The number of para-hydroxylation sites is 1. The fourth-order valence-electron chi connectivity index (χ4n) is 1.12. The molecule has 0 saturated carbocycles. The maximum atomic E-state index is 10.3. The van der Waals surface area contributed by atoms with Crippen LogP contribution in [0.15, 0.2) is 24.3 Å². The van der Waals surface area contributed by atoms with Gasteiger partial charge in [-0.25, -0.2) is 4.79 Å². The van der Waals surface area contributed by atoms with Crippen molar-refractivity contribution in [2.45, 2.75) is 6.54 Å². The quantitative estimate of drug-likeness (QED) is 0.732. The Labute approximate surface area is 82.5 Å². The number of benzene rings is 1. The molecule has 0 aliphatic rings. The molecule has 0 heterocycles. The van der Waals surface area contributed by atoms with Crippen molar-refractivity contribution >= 4 is 5.97 Å². The summed E-state index contributed by atoms with van der Waals surface area (Å²) in [4.78, 5) is 10.3. The summed E-state index contributed by atoms with van der Waals surface area (Å²) >= 11 is 0. The van der Waals surface area contributed by atoms with E-state index in [0.29, 0.717) is 12.3 Å². The Kier molecular flexibility index (Phi) is 3.94. The SMILES string of the molecule is CNCc1ccccc1OCC(=O)O. The van der Waals surface area contributed by atoms with E-state index in [-0.39, 0.29) is 6.61 Å². The van der Waals surface area contributed by atoms with E-state index in [1.807, 2.05) is 25.2 Å². The van der Waals surface area contributed by atoms with E-state index in [0.717, 1.165) is 5.56 Å². The minimum Gasteiger partial charge on any atom is -0.482 e. The normalized spacial score (nSPS) is 9.79. The van der Waals surface area contributed by atoms with Gasteiger partial charge in [-0.3, -0.25) is 0 Å². The summed E-state index contributed by atoms with van der Waals surface area (Å²) in [7, 11) is 1.83. The average Bonchev–Trinajstić information content (AvgIpc) is 2.17. The van der Waals surface area contributed by atoms with Crippen molar-refractivity contribution in [3.8, 4) is 5.75 Å². The van der Waals surface area contributed by atoms with Crippen LogP contribution in [0.5, 0.6) is 5.75 Å². The molecule has 0 fully saturated rings. The van der Waals surface area contributed by atoms with Crippen LogP contribution in [0, 0.1) is 0 Å². The van der Waals surface area contributed by atoms with Gasteiger partial charge in [0.05, 0.1) is 0 Å². The van der Waals surface area contributed by atoms with Crippen molar-refractivity contribution in [2.24, 2.45) is 0 Å². The van der Waals surface area contributed by atoms with Gasteiger partial charge in [-0.2, -0.15) is 0 Å².